The number of pyridine rings is 1. The summed E-state index contributed by atoms with van der Waals surface area (Å²) in [4.78, 5) is 4.24. The van der Waals surface area contributed by atoms with Crippen LogP contribution in [-0.2, 0) is 6.54 Å². The zero-order chi connectivity index (χ0) is 11.7. The lowest BCUT2D eigenvalue weighted by molar-refractivity contribution is 0.802. The van der Waals surface area contributed by atoms with Gasteiger partial charge in [-0.15, -0.1) is 0 Å². The molecule has 0 fully saturated rings. The molecule has 0 radical (unpaired) electrons. The summed E-state index contributed by atoms with van der Waals surface area (Å²) in [5.74, 6) is 0.634. The Morgan fingerprint density at radius 1 is 1.44 bits per heavy atom. The highest BCUT2D eigenvalue weighted by Gasteiger charge is 2.11. The second kappa shape index (κ2) is 4.23. The molecule has 2 heterocycles. The Morgan fingerprint density at radius 2 is 2.19 bits per heavy atom. The summed E-state index contributed by atoms with van der Waals surface area (Å²) in [6.45, 7) is 4.30. The van der Waals surface area contributed by atoms with E-state index < -0.39 is 0 Å². The van der Waals surface area contributed by atoms with Crippen LogP contribution in [0.3, 0.4) is 0 Å². The maximum atomic E-state index is 6.22. The summed E-state index contributed by atoms with van der Waals surface area (Å²) < 4.78 is 1.73. The number of aryl methyl sites for hydroxylation is 2. The smallest absolute Gasteiger partial charge is 0.172 e. The lowest BCUT2D eigenvalue weighted by Gasteiger charge is -2.08. The lowest BCUT2D eigenvalue weighted by atomic mass is 10.2. The fourth-order valence-corrected chi connectivity index (χ4v) is 1.89. The summed E-state index contributed by atoms with van der Waals surface area (Å²) >= 11 is 6.22. The van der Waals surface area contributed by atoms with E-state index in [2.05, 4.69) is 10.1 Å². The van der Waals surface area contributed by atoms with Crippen LogP contribution in [0.5, 0.6) is 0 Å². The van der Waals surface area contributed by atoms with Gasteiger partial charge in [-0.25, -0.2) is 9.67 Å². The Labute approximate surface area is 99.1 Å². The number of nitrogens with two attached hydrogens (primary N) is 1. The largest absolute Gasteiger partial charge is 0.326 e. The van der Waals surface area contributed by atoms with Gasteiger partial charge < -0.3 is 5.73 Å². The Hall–Kier alpha value is -1.39. The molecule has 0 spiro atoms. The highest BCUT2D eigenvalue weighted by atomic mass is 35.5. The van der Waals surface area contributed by atoms with Gasteiger partial charge in [-0.2, -0.15) is 5.10 Å². The van der Waals surface area contributed by atoms with Crippen molar-refractivity contribution in [2.75, 3.05) is 0 Å². The number of rotatable bonds is 2. The average Bonchev–Trinajstić information content (AvgIpc) is 2.58. The highest BCUT2D eigenvalue weighted by Crippen LogP contribution is 2.23. The molecule has 2 rings (SSSR count). The van der Waals surface area contributed by atoms with Crippen LogP contribution < -0.4 is 5.73 Å². The molecular weight excluding hydrogens is 224 g/mol. The number of aromatic nitrogens is 3. The van der Waals surface area contributed by atoms with Crippen molar-refractivity contribution >= 4 is 11.6 Å². The van der Waals surface area contributed by atoms with Crippen molar-refractivity contribution in [3.63, 3.8) is 0 Å². The first-order chi connectivity index (χ1) is 7.63. The van der Waals surface area contributed by atoms with E-state index in [1.165, 1.54) is 0 Å². The van der Waals surface area contributed by atoms with Gasteiger partial charge in [-0.3, -0.25) is 0 Å². The Kier molecular flexibility index (Phi) is 2.94. The lowest BCUT2D eigenvalue weighted by Crippen LogP contribution is -2.06. The van der Waals surface area contributed by atoms with E-state index >= 15 is 0 Å². The third-order valence-electron chi connectivity index (χ3n) is 2.38. The van der Waals surface area contributed by atoms with Crippen molar-refractivity contribution < 1.29 is 0 Å². The summed E-state index contributed by atoms with van der Waals surface area (Å²) in [6, 6.07) is 3.80. The third-order valence-corrected chi connectivity index (χ3v) is 2.79. The molecule has 0 saturated carbocycles. The van der Waals surface area contributed by atoms with E-state index in [1.54, 1.807) is 10.9 Å². The third kappa shape index (κ3) is 1.81. The van der Waals surface area contributed by atoms with E-state index in [0.29, 0.717) is 17.4 Å². The fourth-order valence-electron chi connectivity index (χ4n) is 1.62. The molecule has 0 aliphatic carbocycles. The first kappa shape index (κ1) is 11.1. The molecular formula is C11H13ClN4. The quantitative estimate of drug-likeness (QED) is 0.868. The van der Waals surface area contributed by atoms with E-state index in [0.717, 1.165) is 17.0 Å². The molecule has 2 aromatic rings. The van der Waals surface area contributed by atoms with Crippen LogP contribution in [0.2, 0.25) is 5.02 Å². The van der Waals surface area contributed by atoms with Crippen LogP contribution in [0.1, 0.15) is 17.0 Å². The van der Waals surface area contributed by atoms with Crippen molar-refractivity contribution in [2.45, 2.75) is 20.4 Å². The zero-order valence-corrected chi connectivity index (χ0v) is 9.99. The number of hydrogen-bond acceptors (Lipinski definition) is 3. The average molecular weight is 237 g/mol. The van der Waals surface area contributed by atoms with Gasteiger partial charge in [0.15, 0.2) is 5.82 Å². The monoisotopic (exact) mass is 236 g/mol. The summed E-state index contributed by atoms with van der Waals surface area (Å²) in [5.41, 5.74) is 8.41. The molecule has 0 aliphatic rings. The predicted molar refractivity (Wildman–Crippen MR) is 63.7 cm³/mol. The van der Waals surface area contributed by atoms with Crippen LogP contribution >= 0.6 is 11.6 Å². The standard InChI is InChI=1S/C11H13ClN4/c1-7-5-8(2)16(15-7)11-10(12)9(6-13)3-4-14-11/h3-5H,6,13H2,1-2H3. The second-order valence-electron chi connectivity index (χ2n) is 3.65. The number of halogens is 1. The van der Waals surface area contributed by atoms with E-state index in [9.17, 15) is 0 Å². The van der Waals surface area contributed by atoms with E-state index in [1.807, 2.05) is 26.0 Å². The molecule has 0 unspecified atom stereocenters. The minimum atomic E-state index is 0.396. The van der Waals surface area contributed by atoms with Gasteiger partial charge in [0.2, 0.25) is 0 Å². The van der Waals surface area contributed by atoms with Crippen molar-refractivity contribution in [3.8, 4) is 5.82 Å². The molecule has 16 heavy (non-hydrogen) atoms. The highest BCUT2D eigenvalue weighted by molar-refractivity contribution is 6.32. The second-order valence-corrected chi connectivity index (χ2v) is 4.03. The molecule has 4 nitrogen and oxygen atoms in total. The zero-order valence-electron chi connectivity index (χ0n) is 9.24. The van der Waals surface area contributed by atoms with Gasteiger partial charge in [0, 0.05) is 18.4 Å². The molecule has 0 bridgehead atoms. The van der Waals surface area contributed by atoms with E-state index in [-0.39, 0.29) is 0 Å². The molecule has 0 atom stereocenters. The molecule has 0 saturated heterocycles. The van der Waals surface area contributed by atoms with Crippen molar-refractivity contribution in [2.24, 2.45) is 5.73 Å². The molecule has 5 heteroatoms. The number of hydrogen-bond donors (Lipinski definition) is 1. The van der Waals surface area contributed by atoms with Gasteiger partial charge in [0.25, 0.3) is 0 Å². The normalized spacial score (nSPS) is 10.8. The molecule has 2 N–H and O–H groups in total. The van der Waals surface area contributed by atoms with Gasteiger partial charge in [-0.1, -0.05) is 11.6 Å². The molecule has 84 valence electrons. The van der Waals surface area contributed by atoms with Crippen LogP contribution in [0.4, 0.5) is 0 Å². The van der Waals surface area contributed by atoms with Crippen molar-refractivity contribution in [3.05, 3.63) is 40.3 Å². The van der Waals surface area contributed by atoms with Crippen LogP contribution in [-0.4, -0.2) is 14.8 Å². The summed E-state index contributed by atoms with van der Waals surface area (Å²) in [5, 5.41) is 4.91. The maximum absolute atomic E-state index is 6.22. The minimum Gasteiger partial charge on any atom is -0.326 e. The van der Waals surface area contributed by atoms with Crippen molar-refractivity contribution in [1.29, 1.82) is 0 Å². The number of nitrogens with zero attached hydrogens (tertiary/aromatic N) is 3. The Morgan fingerprint density at radius 3 is 2.75 bits per heavy atom. The van der Waals surface area contributed by atoms with Gasteiger partial charge in [-0.05, 0) is 31.5 Å². The van der Waals surface area contributed by atoms with Crippen LogP contribution in [0, 0.1) is 13.8 Å². The first-order valence-electron chi connectivity index (χ1n) is 5.00. The Balaban J connectivity index is 2.60. The maximum Gasteiger partial charge on any atom is 0.172 e. The molecule has 2 aromatic heterocycles. The fraction of sp³-hybridized carbons (Fsp3) is 0.273. The van der Waals surface area contributed by atoms with Crippen LogP contribution in [0.15, 0.2) is 18.3 Å². The first-order valence-corrected chi connectivity index (χ1v) is 5.38. The summed E-state index contributed by atoms with van der Waals surface area (Å²) in [6.07, 6.45) is 1.69. The Bertz CT molecular complexity index is 519. The SMILES string of the molecule is Cc1cc(C)n(-c2nccc(CN)c2Cl)n1. The van der Waals surface area contributed by atoms with Gasteiger partial charge in [0.05, 0.1) is 10.7 Å². The molecule has 0 aliphatic heterocycles. The molecule has 0 amide bonds. The predicted octanol–water partition coefficient (Wildman–Crippen LogP) is 2.00. The van der Waals surface area contributed by atoms with Crippen LogP contribution in [0.25, 0.3) is 5.82 Å². The molecule has 0 aromatic carbocycles. The van der Waals surface area contributed by atoms with E-state index in [4.69, 9.17) is 17.3 Å². The van der Waals surface area contributed by atoms with Gasteiger partial charge >= 0.3 is 0 Å². The van der Waals surface area contributed by atoms with Crippen molar-refractivity contribution in [1.82, 2.24) is 14.8 Å². The minimum absolute atomic E-state index is 0.396. The van der Waals surface area contributed by atoms with Gasteiger partial charge in [0.1, 0.15) is 0 Å². The topological polar surface area (TPSA) is 56.7 Å². The summed E-state index contributed by atoms with van der Waals surface area (Å²) in [7, 11) is 0.